The minimum Gasteiger partial charge on any atom is -0.302 e. The standard InChI is InChI=1S/C13H26N2/c1-3-11-4-6-12(7-5-11)13-8-14-10(2)15-9-13/h10-15H,3-9H2,1-2H3. The van der Waals surface area contributed by atoms with Crippen molar-refractivity contribution >= 4 is 0 Å². The van der Waals surface area contributed by atoms with Crippen molar-refractivity contribution in [3.63, 3.8) is 0 Å². The van der Waals surface area contributed by atoms with Gasteiger partial charge < -0.3 is 10.6 Å². The predicted octanol–water partition coefficient (Wildman–Crippen LogP) is 2.36. The zero-order valence-electron chi connectivity index (χ0n) is 10.3. The van der Waals surface area contributed by atoms with Crippen LogP contribution < -0.4 is 10.6 Å². The van der Waals surface area contributed by atoms with E-state index in [-0.39, 0.29) is 0 Å². The molecule has 2 rings (SSSR count). The number of hydrogen-bond acceptors (Lipinski definition) is 2. The van der Waals surface area contributed by atoms with Crippen LogP contribution in [0.1, 0.15) is 46.0 Å². The quantitative estimate of drug-likeness (QED) is 0.731. The summed E-state index contributed by atoms with van der Waals surface area (Å²) in [6, 6.07) is 0. The first-order chi connectivity index (χ1) is 7.29. The normalized spacial score (nSPS) is 42.8. The summed E-state index contributed by atoms with van der Waals surface area (Å²) < 4.78 is 0. The molecule has 1 aliphatic carbocycles. The van der Waals surface area contributed by atoms with Crippen molar-refractivity contribution in [2.75, 3.05) is 13.1 Å². The Morgan fingerprint density at radius 2 is 1.53 bits per heavy atom. The lowest BCUT2D eigenvalue weighted by Gasteiger charge is -2.38. The highest BCUT2D eigenvalue weighted by molar-refractivity contribution is 4.83. The van der Waals surface area contributed by atoms with Gasteiger partial charge in [0.1, 0.15) is 0 Å². The molecule has 0 amide bonds. The fraction of sp³-hybridized carbons (Fsp3) is 1.00. The Hall–Kier alpha value is -0.0800. The molecule has 0 atom stereocenters. The lowest BCUT2D eigenvalue weighted by atomic mass is 9.74. The summed E-state index contributed by atoms with van der Waals surface area (Å²) in [6.45, 7) is 7.02. The van der Waals surface area contributed by atoms with Gasteiger partial charge in [-0.1, -0.05) is 26.2 Å². The molecule has 1 saturated carbocycles. The zero-order valence-corrected chi connectivity index (χ0v) is 10.3. The molecule has 15 heavy (non-hydrogen) atoms. The average Bonchev–Trinajstić information content (AvgIpc) is 2.30. The second-order valence-electron chi connectivity index (χ2n) is 5.49. The summed E-state index contributed by atoms with van der Waals surface area (Å²) in [5.74, 6) is 2.91. The molecular weight excluding hydrogens is 184 g/mol. The molecule has 0 bridgehead atoms. The van der Waals surface area contributed by atoms with Crippen molar-refractivity contribution in [1.29, 1.82) is 0 Å². The molecule has 0 aromatic heterocycles. The molecule has 2 nitrogen and oxygen atoms in total. The molecule has 88 valence electrons. The highest BCUT2D eigenvalue weighted by Crippen LogP contribution is 2.34. The number of hydrogen-bond donors (Lipinski definition) is 2. The lowest BCUT2D eigenvalue weighted by molar-refractivity contribution is 0.165. The maximum atomic E-state index is 3.54. The van der Waals surface area contributed by atoms with Crippen LogP contribution in [-0.2, 0) is 0 Å². The van der Waals surface area contributed by atoms with Crippen LogP contribution >= 0.6 is 0 Å². The van der Waals surface area contributed by atoms with Gasteiger partial charge in [0, 0.05) is 13.1 Å². The zero-order chi connectivity index (χ0) is 10.7. The molecule has 2 heteroatoms. The molecule has 2 aliphatic rings. The van der Waals surface area contributed by atoms with Crippen LogP contribution in [0.5, 0.6) is 0 Å². The van der Waals surface area contributed by atoms with E-state index in [9.17, 15) is 0 Å². The van der Waals surface area contributed by atoms with Gasteiger partial charge in [-0.15, -0.1) is 0 Å². The van der Waals surface area contributed by atoms with E-state index in [0.29, 0.717) is 6.17 Å². The van der Waals surface area contributed by atoms with Crippen molar-refractivity contribution in [1.82, 2.24) is 10.6 Å². The van der Waals surface area contributed by atoms with Crippen LogP contribution in [0, 0.1) is 17.8 Å². The minimum absolute atomic E-state index is 0.522. The Kier molecular flexibility index (Phi) is 4.04. The van der Waals surface area contributed by atoms with Gasteiger partial charge >= 0.3 is 0 Å². The molecule has 1 aliphatic heterocycles. The second-order valence-corrected chi connectivity index (χ2v) is 5.49. The molecule has 1 saturated heterocycles. The number of rotatable bonds is 2. The Balaban J connectivity index is 1.75. The third-order valence-corrected chi connectivity index (χ3v) is 4.51. The second kappa shape index (κ2) is 5.31. The van der Waals surface area contributed by atoms with E-state index in [1.165, 1.54) is 45.2 Å². The van der Waals surface area contributed by atoms with E-state index in [1.807, 2.05) is 0 Å². The monoisotopic (exact) mass is 210 g/mol. The Labute approximate surface area is 94.2 Å². The third-order valence-electron chi connectivity index (χ3n) is 4.51. The summed E-state index contributed by atoms with van der Waals surface area (Å²) in [4.78, 5) is 0. The molecule has 2 fully saturated rings. The van der Waals surface area contributed by atoms with E-state index in [2.05, 4.69) is 24.5 Å². The molecule has 0 aromatic rings. The van der Waals surface area contributed by atoms with Crippen LogP contribution in [0.2, 0.25) is 0 Å². The maximum absolute atomic E-state index is 3.54. The number of nitrogens with one attached hydrogen (secondary N) is 2. The van der Waals surface area contributed by atoms with Crippen LogP contribution in [0.3, 0.4) is 0 Å². The van der Waals surface area contributed by atoms with E-state index >= 15 is 0 Å². The fourth-order valence-corrected chi connectivity index (χ4v) is 3.20. The lowest BCUT2D eigenvalue weighted by Crippen LogP contribution is -2.53. The van der Waals surface area contributed by atoms with Gasteiger partial charge in [0.05, 0.1) is 6.17 Å². The predicted molar refractivity (Wildman–Crippen MR) is 64.7 cm³/mol. The summed E-state index contributed by atoms with van der Waals surface area (Å²) in [7, 11) is 0. The van der Waals surface area contributed by atoms with Gasteiger partial charge in [-0.05, 0) is 37.5 Å². The molecule has 0 radical (unpaired) electrons. The Bertz CT molecular complexity index is 177. The minimum atomic E-state index is 0.522. The topological polar surface area (TPSA) is 24.1 Å². The maximum Gasteiger partial charge on any atom is 0.0542 e. The van der Waals surface area contributed by atoms with E-state index in [0.717, 1.165) is 17.8 Å². The third kappa shape index (κ3) is 2.94. The van der Waals surface area contributed by atoms with Crippen molar-refractivity contribution in [2.45, 2.75) is 52.1 Å². The van der Waals surface area contributed by atoms with Crippen LogP contribution in [0.4, 0.5) is 0 Å². The van der Waals surface area contributed by atoms with E-state index in [1.54, 1.807) is 0 Å². The van der Waals surface area contributed by atoms with Crippen LogP contribution in [0.25, 0.3) is 0 Å². The smallest absolute Gasteiger partial charge is 0.0542 e. The van der Waals surface area contributed by atoms with Gasteiger partial charge in [0.15, 0.2) is 0 Å². The summed E-state index contributed by atoms with van der Waals surface area (Å²) >= 11 is 0. The summed E-state index contributed by atoms with van der Waals surface area (Å²) in [5, 5.41) is 7.09. The van der Waals surface area contributed by atoms with E-state index < -0.39 is 0 Å². The SMILES string of the molecule is CCC1CCC(C2CNC(C)NC2)CC1. The van der Waals surface area contributed by atoms with Gasteiger partial charge in [0.25, 0.3) is 0 Å². The molecule has 0 aromatic carbocycles. The molecular formula is C13H26N2. The van der Waals surface area contributed by atoms with Crippen LogP contribution in [-0.4, -0.2) is 19.3 Å². The first-order valence-electron chi connectivity index (χ1n) is 6.76. The molecule has 1 heterocycles. The highest BCUT2D eigenvalue weighted by Gasteiger charge is 2.28. The van der Waals surface area contributed by atoms with Crippen molar-refractivity contribution in [2.24, 2.45) is 17.8 Å². The van der Waals surface area contributed by atoms with Gasteiger partial charge in [-0.25, -0.2) is 0 Å². The first-order valence-corrected chi connectivity index (χ1v) is 6.76. The highest BCUT2D eigenvalue weighted by atomic mass is 15.1. The Morgan fingerprint density at radius 3 is 2.07 bits per heavy atom. The van der Waals surface area contributed by atoms with Crippen molar-refractivity contribution < 1.29 is 0 Å². The van der Waals surface area contributed by atoms with E-state index in [4.69, 9.17) is 0 Å². The Morgan fingerprint density at radius 1 is 0.933 bits per heavy atom. The summed E-state index contributed by atoms with van der Waals surface area (Å²) in [6.07, 6.45) is 7.82. The van der Waals surface area contributed by atoms with Crippen LogP contribution in [0.15, 0.2) is 0 Å². The fourth-order valence-electron chi connectivity index (χ4n) is 3.20. The molecule has 0 unspecified atom stereocenters. The van der Waals surface area contributed by atoms with Crippen molar-refractivity contribution in [3.8, 4) is 0 Å². The van der Waals surface area contributed by atoms with Crippen molar-refractivity contribution in [3.05, 3.63) is 0 Å². The molecule has 2 N–H and O–H groups in total. The first kappa shape index (κ1) is 11.4. The largest absolute Gasteiger partial charge is 0.302 e. The average molecular weight is 210 g/mol. The summed E-state index contributed by atoms with van der Waals surface area (Å²) in [5.41, 5.74) is 0. The van der Waals surface area contributed by atoms with Gasteiger partial charge in [-0.2, -0.15) is 0 Å². The van der Waals surface area contributed by atoms with Gasteiger partial charge in [-0.3, -0.25) is 0 Å². The van der Waals surface area contributed by atoms with Gasteiger partial charge in [0.2, 0.25) is 0 Å². The molecule has 0 spiro atoms.